The van der Waals surface area contributed by atoms with Crippen molar-refractivity contribution in [2.75, 3.05) is 0 Å². The number of hydrogen-bond donors (Lipinski definition) is 2. The Bertz CT molecular complexity index is 167. The summed E-state index contributed by atoms with van der Waals surface area (Å²) in [7, 11) is 0. The molecule has 2 N–H and O–H groups in total. The van der Waals surface area contributed by atoms with E-state index in [4.69, 9.17) is 5.11 Å². The molecule has 0 aliphatic carbocycles. The first kappa shape index (κ1) is 9.94. The maximum Gasteiger partial charge on any atom is 0.308 e. The van der Waals surface area contributed by atoms with Gasteiger partial charge in [-0.05, 0) is 13.8 Å². The third-order valence-corrected chi connectivity index (χ3v) is 1.57. The molecule has 0 fully saturated rings. The number of carboxylic acid groups (broad SMARTS) is 1. The van der Waals surface area contributed by atoms with Crippen molar-refractivity contribution in [1.29, 1.82) is 0 Å². The van der Waals surface area contributed by atoms with Crippen LogP contribution in [0.2, 0.25) is 0 Å². The molecule has 0 aromatic rings. The van der Waals surface area contributed by atoms with Crippen molar-refractivity contribution in [3.05, 3.63) is 0 Å². The van der Waals surface area contributed by atoms with E-state index in [-0.39, 0.29) is 11.9 Å². The van der Waals surface area contributed by atoms with Gasteiger partial charge in [0, 0.05) is 13.0 Å². The molecule has 0 spiro atoms. The molecule has 1 amide bonds. The van der Waals surface area contributed by atoms with Crippen molar-refractivity contribution in [1.82, 2.24) is 5.32 Å². The molecule has 0 unspecified atom stereocenters. The molecular weight excluding hydrogens is 146 g/mol. The average molecular weight is 159 g/mol. The molecule has 0 rings (SSSR count). The predicted octanol–water partition coefficient (Wildman–Crippen LogP) is 0.232. The number of aliphatic carboxylic acids is 1. The van der Waals surface area contributed by atoms with Gasteiger partial charge in [-0.15, -0.1) is 0 Å². The smallest absolute Gasteiger partial charge is 0.308 e. The van der Waals surface area contributed by atoms with Crippen LogP contribution in [0.5, 0.6) is 0 Å². The van der Waals surface area contributed by atoms with Crippen molar-refractivity contribution in [2.24, 2.45) is 5.92 Å². The van der Waals surface area contributed by atoms with Gasteiger partial charge in [0.25, 0.3) is 0 Å². The van der Waals surface area contributed by atoms with Crippen LogP contribution in [-0.2, 0) is 9.59 Å². The number of carbonyl (C=O) groups is 2. The van der Waals surface area contributed by atoms with Crippen LogP contribution >= 0.6 is 0 Å². The van der Waals surface area contributed by atoms with Gasteiger partial charge in [0.15, 0.2) is 0 Å². The number of carbonyl (C=O) groups excluding carboxylic acids is 1. The molecule has 0 aromatic heterocycles. The minimum Gasteiger partial charge on any atom is -0.481 e. The van der Waals surface area contributed by atoms with Crippen LogP contribution < -0.4 is 5.32 Å². The van der Waals surface area contributed by atoms with Crippen molar-refractivity contribution < 1.29 is 14.7 Å². The molecule has 64 valence electrons. The van der Waals surface area contributed by atoms with Crippen LogP contribution in [0.25, 0.3) is 0 Å². The van der Waals surface area contributed by atoms with Gasteiger partial charge < -0.3 is 10.4 Å². The number of hydrogen-bond acceptors (Lipinski definition) is 2. The van der Waals surface area contributed by atoms with Crippen LogP contribution in [0.15, 0.2) is 0 Å². The van der Waals surface area contributed by atoms with E-state index in [1.165, 1.54) is 6.92 Å². The Morgan fingerprint density at radius 3 is 2.09 bits per heavy atom. The largest absolute Gasteiger partial charge is 0.481 e. The second-order valence-electron chi connectivity index (χ2n) is 2.62. The first-order chi connectivity index (χ1) is 4.95. The Morgan fingerprint density at radius 1 is 1.36 bits per heavy atom. The van der Waals surface area contributed by atoms with Crippen LogP contribution in [0, 0.1) is 5.92 Å². The summed E-state index contributed by atoms with van der Waals surface area (Å²) in [6.45, 7) is 4.59. The molecule has 0 saturated carbocycles. The zero-order valence-corrected chi connectivity index (χ0v) is 6.92. The van der Waals surface area contributed by atoms with Gasteiger partial charge in [0.05, 0.1) is 5.92 Å². The van der Waals surface area contributed by atoms with E-state index < -0.39 is 11.9 Å². The lowest BCUT2D eigenvalue weighted by Gasteiger charge is -2.15. The highest BCUT2D eigenvalue weighted by Crippen LogP contribution is 2.01. The second-order valence-corrected chi connectivity index (χ2v) is 2.62. The van der Waals surface area contributed by atoms with Gasteiger partial charge in [0.1, 0.15) is 0 Å². The molecule has 0 aliphatic heterocycles. The van der Waals surface area contributed by atoms with Gasteiger partial charge in [0.2, 0.25) is 5.91 Å². The zero-order valence-electron chi connectivity index (χ0n) is 6.92. The first-order valence-corrected chi connectivity index (χ1v) is 3.45. The molecule has 0 radical (unpaired) electrons. The average Bonchev–Trinajstić information content (AvgIpc) is 1.84. The fraction of sp³-hybridized carbons (Fsp3) is 0.714. The lowest BCUT2D eigenvalue weighted by atomic mass is 10.0. The Hall–Kier alpha value is -1.06. The highest BCUT2D eigenvalue weighted by molar-refractivity contribution is 5.75. The summed E-state index contributed by atoms with van der Waals surface area (Å²) in [6.07, 6.45) is 0. The predicted molar refractivity (Wildman–Crippen MR) is 40.1 cm³/mol. The van der Waals surface area contributed by atoms with E-state index in [9.17, 15) is 9.59 Å². The molecule has 11 heavy (non-hydrogen) atoms. The molecule has 0 aromatic carbocycles. The fourth-order valence-electron chi connectivity index (χ4n) is 0.659. The van der Waals surface area contributed by atoms with E-state index in [1.807, 2.05) is 0 Å². The normalized spacial score (nSPS) is 15.2. The lowest BCUT2D eigenvalue weighted by Crippen LogP contribution is -2.38. The minimum atomic E-state index is -0.897. The SMILES string of the molecule is CC(=O)N[C@@H](C)[C@H](C)C(=O)O. The molecule has 2 atom stereocenters. The summed E-state index contributed by atoms with van der Waals surface area (Å²) < 4.78 is 0. The van der Waals surface area contributed by atoms with Crippen molar-refractivity contribution in [2.45, 2.75) is 26.8 Å². The van der Waals surface area contributed by atoms with Crippen molar-refractivity contribution in [3.8, 4) is 0 Å². The Morgan fingerprint density at radius 2 is 1.82 bits per heavy atom. The van der Waals surface area contributed by atoms with E-state index in [1.54, 1.807) is 13.8 Å². The molecule has 0 heterocycles. The highest BCUT2D eigenvalue weighted by Gasteiger charge is 2.19. The third kappa shape index (κ3) is 3.60. The Labute approximate surface area is 65.6 Å². The van der Waals surface area contributed by atoms with Crippen LogP contribution in [0.4, 0.5) is 0 Å². The van der Waals surface area contributed by atoms with Crippen molar-refractivity contribution in [3.63, 3.8) is 0 Å². The number of rotatable bonds is 3. The maximum atomic E-state index is 10.5. The fourth-order valence-corrected chi connectivity index (χ4v) is 0.659. The molecule has 0 aliphatic rings. The molecular formula is C7H13NO3. The molecule has 4 nitrogen and oxygen atoms in total. The van der Waals surface area contributed by atoms with E-state index in [0.717, 1.165) is 0 Å². The Kier molecular flexibility index (Phi) is 3.57. The first-order valence-electron chi connectivity index (χ1n) is 3.45. The van der Waals surface area contributed by atoms with Crippen LogP contribution in [0.1, 0.15) is 20.8 Å². The number of amides is 1. The van der Waals surface area contributed by atoms with Crippen LogP contribution in [-0.4, -0.2) is 23.0 Å². The van der Waals surface area contributed by atoms with E-state index in [0.29, 0.717) is 0 Å². The van der Waals surface area contributed by atoms with Gasteiger partial charge in [-0.2, -0.15) is 0 Å². The lowest BCUT2D eigenvalue weighted by molar-refractivity contribution is -0.142. The molecule has 0 saturated heterocycles. The standard InChI is InChI=1S/C7H13NO3/c1-4(7(10)11)5(2)8-6(3)9/h4-5H,1-3H3,(H,8,9)(H,10,11)/t4-,5-/m0/s1. The highest BCUT2D eigenvalue weighted by atomic mass is 16.4. The maximum absolute atomic E-state index is 10.5. The summed E-state index contributed by atoms with van der Waals surface area (Å²) in [4.78, 5) is 20.8. The van der Waals surface area contributed by atoms with E-state index >= 15 is 0 Å². The monoisotopic (exact) mass is 159 g/mol. The third-order valence-electron chi connectivity index (χ3n) is 1.57. The number of nitrogens with one attached hydrogen (secondary N) is 1. The molecule has 4 heteroatoms. The van der Waals surface area contributed by atoms with Gasteiger partial charge in [-0.3, -0.25) is 9.59 Å². The minimum absolute atomic E-state index is 0.203. The van der Waals surface area contributed by atoms with Crippen LogP contribution in [0.3, 0.4) is 0 Å². The summed E-state index contributed by atoms with van der Waals surface area (Å²) in [5.74, 6) is -1.64. The second kappa shape index (κ2) is 3.95. The summed E-state index contributed by atoms with van der Waals surface area (Å²) in [6, 6.07) is -0.315. The van der Waals surface area contributed by atoms with Gasteiger partial charge >= 0.3 is 5.97 Å². The molecule has 0 bridgehead atoms. The van der Waals surface area contributed by atoms with Crippen molar-refractivity contribution >= 4 is 11.9 Å². The summed E-state index contributed by atoms with van der Waals surface area (Å²) in [5.41, 5.74) is 0. The number of carboxylic acids is 1. The van der Waals surface area contributed by atoms with Gasteiger partial charge in [-0.1, -0.05) is 0 Å². The Balaban J connectivity index is 3.92. The van der Waals surface area contributed by atoms with E-state index in [2.05, 4.69) is 5.32 Å². The topological polar surface area (TPSA) is 66.4 Å². The summed E-state index contributed by atoms with van der Waals surface area (Å²) in [5, 5.41) is 11.0. The summed E-state index contributed by atoms with van der Waals surface area (Å²) >= 11 is 0. The van der Waals surface area contributed by atoms with Gasteiger partial charge in [-0.25, -0.2) is 0 Å². The quantitative estimate of drug-likeness (QED) is 0.619. The zero-order chi connectivity index (χ0) is 9.02.